The molecular formula is C13H25NS. The highest BCUT2D eigenvalue weighted by molar-refractivity contribution is 7.99. The molecule has 0 aromatic rings. The number of nitrogens with one attached hydrogen (secondary N) is 1. The van der Waals surface area contributed by atoms with Crippen molar-refractivity contribution in [1.29, 1.82) is 0 Å². The highest BCUT2D eigenvalue weighted by atomic mass is 32.2. The second-order valence-electron chi connectivity index (χ2n) is 4.70. The van der Waals surface area contributed by atoms with Crippen LogP contribution in [0.1, 0.15) is 40.0 Å². The third-order valence-corrected chi connectivity index (χ3v) is 3.98. The van der Waals surface area contributed by atoms with Gasteiger partial charge in [-0.05, 0) is 57.1 Å². The van der Waals surface area contributed by atoms with E-state index in [1.54, 1.807) is 0 Å². The molecule has 0 amide bonds. The maximum Gasteiger partial charge on any atom is 0.0254 e. The van der Waals surface area contributed by atoms with Gasteiger partial charge in [0.05, 0.1) is 0 Å². The van der Waals surface area contributed by atoms with Crippen molar-refractivity contribution in [3.05, 3.63) is 11.6 Å². The fourth-order valence-electron chi connectivity index (χ4n) is 2.22. The Kier molecular flexibility index (Phi) is 6.42. The van der Waals surface area contributed by atoms with Gasteiger partial charge in [-0.1, -0.05) is 18.6 Å². The molecule has 1 atom stereocenters. The molecule has 1 heterocycles. The topological polar surface area (TPSA) is 12.0 Å². The molecule has 2 heteroatoms. The van der Waals surface area contributed by atoms with Crippen LogP contribution in [-0.4, -0.2) is 24.1 Å². The lowest BCUT2D eigenvalue weighted by Crippen LogP contribution is -2.30. The number of rotatable bonds is 5. The lowest BCUT2D eigenvalue weighted by molar-refractivity contribution is 0.402. The van der Waals surface area contributed by atoms with Crippen LogP contribution in [0.15, 0.2) is 11.6 Å². The van der Waals surface area contributed by atoms with Gasteiger partial charge in [-0.15, -0.1) is 0 Å². The Bertz CT molecular complexity index is 191. The van der Waals surface area contributed by atoms with E-state index in [0.29, 0.717) is 6.04 Å². The average molecular weight is 227 g/mol. The highest BCUT2D eigenvalue weighted by Crippen LogP contribution is 2.26. The molecule has 0 aromatic heterocycles. The molecule has 15 heavy (non-hydrogen) atoms. The van der Waals surface area contributed by atoms with Crippen LogP contribution in [0.3, 0.4) is 0 Å². The Morgan fingerprint density at radius 2 is 2.07 bits per heavy atom. The monoisotopic (exact) mass is 227 g/mol. The van der Waals surface area contributed by atoms with Crippen molar-refractivity contribution in [2.75, 3.05) is 18.1 Å². The Morgan fingerprint density at radius 3 is 2.60 bits per heavy atom. The quantitative estimate of drug-likeness (QED) is 0.722. The van der Waals surface area contributed by atoms with Gasteiger partial charge in [0.1, 0.15) is 0 Å². The van der Waals surface area contributed by atoms with Crippen molar-refractivity contribution in [2.24, 2.45) is 5.92 Å². The summed E-state index contributed by atoms with van der Waals surface area (Å²) in [7, 11) is 0. The van der Waals surface area contributed by atoms with E-state index in [2.05, 4.69) is 43.9 Å². The Morgan fingerprint density at radius 1 is 1.40 bits per heavy atom. The molecule has 1 fully saturated rings. The van der Waals surface area contributed by atoms with Gasteiger partial charge in [0.15, 0.2) is 0 Å². The first-order chi connectivity index (χ1) is 7.22. The zero-order valence-corrected chi connectivity index (χ0v) is 11.2. The summed E-state index contributed by atoms with van der Waals surface area (Å²) >= 11 is 2.12. The molecule has 1 nitrogen and oxygen atoms in total. The van der Waals surface area contributed by atoms with Crippen LogP contribution in [0.2, 0.25) is 0 Å². The summed E-state index contributed by atoms with van der Waals surface area (Å²) in [5, 5.41) is 3.58. The Hall–Kier alpha value is 0.0500. The Balaban J connectivity index is 2.38. The molecule has 1 aliphatic rings. The largest absolute Gasteiger partial charge is 0.311 e. The summed E-state index contributed by atoms with van der Waals surface area (Å²) in [6.45, 7) is 7.67. The van der Waals surface area contributed by atoms with Gasteiger partial charge in [0, 0.05) is 6.04 Å². The van der Waals surface area contributed by atoms with Crippen molar-refractivity contribution in [3.8, 4) is 0 Å². The molecule has 1 rings (SSSR count). The van der Waals surface area contributed by atoms with Crippen molar-refractivity contribution in [2.45, 2.75) is 46.1 Å². The fraction of sp³-hybridized carbons (Fsp3) is 0.846. The molecular weight excluding hydrogens is 202 g/mol. The standard InChI is InChI=1S/C13H25NS/c1-4-14-13(9-11(2)3)10-12-5-7-15-8-6-12/h9,12-14H,4-8,10H2,1-3H3. The Labute approximate surface area is 99.1 Å². The van der Waals surface area contributed by atoms with Gasteiger partial charge in [0.2, 0.25) is 0 Å². The molecule has 0 aromatic carbocycles. The fourth-order valence-corrected chi connectivity index (χ4v) is 3.42. The first-order valence-corrected chi connectivity index (χ1v) is 7.34. The molecule has 1 aliphatic heterocycles. The van der Waals surface area contributed by atoms with Gasteiger partial charge in [-0.3, -0.25) is 0 Å². The predicted octanol–water partition coefficient (Wildman–Crippen LogP) is 3.46. The molecule has 0 aliphatic carbocycles. The summed E-state index contributed by atoms with van der Waals surface area (Å²) in [6.07, 6.45) is 6.57. The number of allylic oxidation sites excluding steroid dienone is 1. The zero-order valence-electron chi connectivity index (χ0n) is 10.4. The van der Waals surface area contributed by atoms with E-state index in [4.69, 9.17) is 0 Å². The van der Waals surface area contributed by atoms with Crippen LogP contribution in [0.25, 0.3) is 0 Å². The molecule has 0 bridgehead atoms. The van der Waals surface area contributed by atoms with Crippen molar-refractivity contribution in [1.82, 2.24) is 5.32 Å². The highest BCUT2D eigenvalue weighted by Gasteiger charge is 2.17. The lowest BCUT2D eigenvalue weighted by atomic mass is 9.93. The van der Waals surface area contributed by atoms with Crippen LogP contribution < -0.4 is 5.32 Å². The normalized spacial score (nSPS) is 19.9. The summed E-state index contributed by atoms with van der Waals surface area (Å²) in [5.74, 6) is 3.70. The maximum absolute atomic E-state index is 3.58. The third-order valence-electron chi connectivity index (χ3n) is 2.93. The van der Waals surface area contributed by atoms with E-state index >= 15 is 0 Å². The van der Waals surface area contributed by atoms with Crippen molar-refractivity contribution < 1.29 is 0 Å². The smallest absolute Gasteiger partial charge is 0.0254 e. The minimum atomic E-state index is 0.605. The molecule has 1 N–H and O–H groups in total. The van der Waals surface area contributed by atoms with Crippen LogP contribution >= 0.6 is 11.8 Å². The summed E-state index contributed by atoms with van der Waals surface area (Å²) in [4.78, 5) is 0. The van der Waals surface area contributed by atoms with E-state index in [1.807, 2.05) is 0 Å². The van der Waals surface area contributed by atoms with E-state index in [0.717, 1.165) is 12.5 Å². The number of hydrogen-bond acceptors (Lipinski definition) is 2. The van der Waals surface area contributed by atoms with Crippen LogP contribution in [0, 0.1) is 5.92 Å². The third kappa shape index (κ3) is 5.62. The van der Waals surface area contributed by atoms with Crippen molar-refractivity contribution >= 4 is 11.8 Å². The van der Waals surface area contributed by atoms with E-state index in [1.165, 1.54) is 36.3 Å². The van der Waals surface area contributed by atoms with Gasteiger partial charge in [-0.25, -0.2) is 0 Å². The molecule has 0 spiro atoms. The first kappa shape index (κ1) is 13.1. The molecule has 88 valence electrons. The summed E-state index contributed by atoms with van der Waals surface area (Å²) in [5.41, 5.74) is 1.44. The van der Waals surface area contributed by atoms with E-state index in [-0.39, 0.29) is 0 Å². The minimum Gasteiger partial charge on any atom is -0.311 e. The minimum absolute atomic E-state index is 0.605. The molecule has 0 saturated carbocycles. The molecule has 0 radical (unpaired) electrons. The van der Waals surface area contributed by atoms with Crippen LogP contribution in [-0.2, 0) is 0 Å². The summed E-state index contributed by atoms with van der Waals surface area (Å²) < 4.78 is 0. The second kappa shape index (κ2) is 7.34. The number of likely N-dealkylation sites (N-methyl/N-ethyl adjacent to an activating group) is 1. The zero-order chi connectivity index (χ0) is 11.1. The van der Waals surface area contributed by atoms with E-state index < -0.39 is 0 Å². The van der Waals surface area contributed by atoms with Gasteiger partial charge < -0.3 is 5.32 Å². The average Bonchev–Trinajstić information content (AvgIpc) is 2.18. The van der Waals surface area contributed by atoms with E-state index in [9.17, 15) is 0 Å². The predicted molar refractivity (Wildman–Crippen MR) is 71.6 cm³/mol. The van der Waals surface area contributed by atoms with Gasteiger partial charge in [0.25, 0.3) is 0 Å². The SMILES string of the molecule is CCNC(C=C(C)C)CC1CCSCC1. The molecule has 1 unspecified atom stereocenters. The molecule has 1 saturated heterocycles. The number of hydrogen-bond donors (Lipinski definition) is 1. The van der Waals surface area contributed by atoms with Gasteiger partial charge >= 0.3 is 0 Å². The van der Waals surface area contributed by atoms with Gasteiger partial charge in [-0.2, -0.15) is 11.8 Å². The second-order valence-corrected chi connectivity index (χ2v) is 5.92. The number of thioether (sulfide) groups is 1. The lowest BCUT2D eigenvalue weighted by Gasteiger charge is -2.25. The maximum atomic E-state index is 3.58. The van der Waals surface area contributed by atoms with Crippen LogP contribution in [0.5, 0.6) is 0 Å². The summed E-state index contributed by atoms with van der Waals surface area (Å²) in [6, 6.07) is 0.605. The van der Waals surface area contributed by atoms with Crippen LogP contribution in [0.4, 0.5) is 0 Å². The first-order valence-electron chi connectivity index (χ1n) is 6.18. The van der Waals surface area contributed by atoms with Crippen molar-refractivity contribution in [3.63, 3.8) is 0 Å².